The van der Waals surface area contributed by atoms with Crippen LogP contribution in [0.25, 0.3) is 0 Å². The van der Waals surface area contributed by atoms with Crippen LogP contribution in [0.15, 0.2) is 23.8 Å². The second-order valence-electron chi connectivity index (χ2n) is 11.8. The molecule has 0 aromatic carbocycles. The van der Waals surface area contributed by atoms with E-state index in [-0.39, 0.29) is 42.8 Å². The third-order valence-electron chi connectivity index (χ3n) is 8.20. The molecule has 0 bridgehead atoms. The summed E-state index contributed by atoms with van der Waals surface area (Å²) in [4.78, 5) is 27.8. The second kappa shape index (κ2) is 15.4. The predicted molar refractivity (Wildman–Crippen MR) is 149 cm³/mol. The Balaban J connectivity index is 2.40. The topological polar surface area (TPSA) is 126 Å². The van der Waals surface area contributed by atoms with E-state index in [1.54, 1.807) is 19.1 Å². The highest BCUT2D eigenvalue weighted by atomic mass is 16.7. The molecule has 224 valence electrons. The lowest BCUT2D eigenvalue weighted by Crippen LogP contribution is -2.56. The van der Waals surface area contributed by atoms with Crippen molar-refractivity contribution >= 4 is 11.8 Å². The third-order valence-corrected chi connectivity index (χ3v) is 8.20. The molecule has 0 aliphatic carbocycles. The molecule has 0 spiro atoms. The van der Waals surface area contributed by atoms with Gasteiger partial charge in [0.2, 0.25) is 0 Å². The van der Waals surface area contributed by atoms with E-state index in [4.69, 9.17) is 14.2 Å². The summed E-state index contributed by atoms with van der Waals surface area (Å²) in [6.45, 7) is 11.0. The Labute approximate surface area is 234 Å². The van der Waals surface area contributed by atoms with Gasteiger partial charge in [-0.05, 0) is 59.2 Å². The SMILES string of the molecule is CCC1OC(=O)CC(O)C(C)C(O[C@@H]2O[C@H](C)C[C@H](N(C)C)[C@H]2O)C(C)CC(C)C(=O)/C=C/C(C)=C/C1CO. The van der Waals surface area contributed by atoms with Gasteiger partial charge in [-0.25, -0.2) is 0 Å². The zero-order valence-corrected chi connectivity index (χ0v) is 24.9. The Morgan fingerprint density at radius 2 is 1.74 bits per heavy atom. The molecular weight excluding hydrogens is 502 g/mol. The number of ketones is 1. The fourth-order valence-corrected chi connectivity index (χ4v) is 5.71. The monoisotopic (exact) mass is 553 g/mol. The third kappa shape index (κ3) is 9.47. The molecule has 3 N–H and O–H groups in total. The molecule has 9 heteroatoms. The van der Waals surface area contributed by atoms with Crippen LogP contribution >= 0.6 is 0 Å². The predicted octanol–water partition coefficient (Wildman–Crippen LogP) is 2.86. The first-order valence-corrected chi connectivity index (χ1v) is 14.3. The molecule has 2 heterocycles. The Hall–Kier alpha value is -1.62. The van der Waals surface area contributed by atoms with Crippen molar-refractivity contribution in [1.82, 2.24) is 4.90 Å². The van der Waals surface area contributed by atoms with Gasteiger partial charge in [-0.3, -0.25) is 9.59 Å². The summed E-state index contributed by atoms with van der Waals surface area (Å²) >= 11 is 0. The van der Waals surface area contributed by atoms with Crippen molar-refractivity contribution < 1.29 is 39.1 Å². The zero-order valence-electron chi connectivity index (χ0n) is 24.9. The van der Waals surface area contributed by atoms with Gasteiger partial charge in [0.1, 0.15) is 12.2 Å². The Bertz CT molecular complexity index is 858. The molecule has 1 saturated heterocycles. The number of nitrogens with zero attached hydrogens (tertiary/aromatic N) is 1. The van der Waals surface area contributed by atoms with Crippen LogP contribution in [0.4, 0.5) is 0 Å². The Kier molecular flexibility index (Phi) is 13.3. The summed E-state index contributed by atoms with van der Waals surface area (Å²) in [5.41, 5.74) is 0.784. The molecule has 2 rings (SSSR count). The number of carbonyl (C=O) groups is 2. The number of allylic oxidation sites excluding steroid dienone is 3. The molecule has 0 saturated carbocycles. The van der Waals surface area contributed by atoms with Crippen molar-refractivity contribution in [2.24, 2.45) is 23.7 Å². The number of ether oxygens (including phenoxy) is 3. The normalized spacial score (nSPS) is 42.1. The Morgan fingerprint density at radius 3 is 2.33 bits per heavy atom. The first kappa shape index (κ1) is 33.6. The zero-order chi connectivity index (χ0) is 29.4. The first-order chi connectivity index (χ1) is 18.3. The molecule has 1 fully saturated rings. The van der Waals surface area contributed by atoms with Crippen LogP contribution in [0.2, 0.25) is 0 Å². The maximum Gasteiger partial charge on any atom is 0.308 e. The summed E-state index contributed by atoms with van der Waals surface area (Å²) in [5.74, 6) is -2.08. The van der Waals surface area contributed by atoms with E-state index in [0.717, 1.165) is 5.57 Å². The van der Waals surface area contributed by atoms with Crippen molar-refractivity contribution in [2.45, 2.75) is 110 Å². The summed E-state index contributed by atoms with van der Waals surface area (Å²) in [6, 6.07) is -0.164. The van der Waals surface area contributed by atoms with Gasteiger partial charge in [-0.15, -0.1) is 0 Å². The van der Waals surface area contributed by atoms with Crippen molar-refractivity contribution in [1.29, 1.82) is 0 Å². The summed E-state index contributed by atoms with van der Waals surface area (Å²) in [5, 5.41) is 32.2. The van der Waals surface area contributed by atoms with Crippen LogP contribution in [-0.4, -0.2) is 95.5 Å². The van der Waals surface area contributed by atoms with Crippen LogP contribution in [0.5, 0.6) is 0 Å². The van der Waals surface area contributed by atoms with Gasteiger partial charge in [0.25, 0.3) is 0 Å². The smallest absolute Gasteiger partial charge is 0.308 e. The number of aliphatic hydroxyl groups is 3. The van der Waals surface area contributed by atoms with Gasteiger partial charge in [0, 0.05) is 23.8 Å². The molecular formula is C30H51NO8. The number of cyclic esters (lactones) is 1. The lowest BCUT2D eigenvalue weighted by molar-refractivity contribution is -0.282. The lowest BCUT2D eigenvalue weighted by atomic mass is 9.82. The lowest BCUT2D eigenvalue weighted by Gasteiger charge is -2.44. The van der Waals surface area contributed by atoms with Crippen molar-refractivity contribution in [3.63, 3.8) is 0 Å². The number of rotatable bonds is 5. The van der Waals surface area contributed by atoms with Crippen LogP contribution in [0.3, 0.4) is 0 Å². The fourth-order valence-electron chi connectivity index (χ4n) is 5.71. The second-order valence-corrected chi connectivity index (χ2v) is 11.8. The maximum atomic E-state index is 13.0. The van der Waals surface area contributed by atoms with E-state index in [2.05, 4.69) is 0 Å². The maximum absolute atomic E-state index is 13.0. The van der Waals surface area contributed by atoms with E-state index >= 15 is 0 Å². The molecule has 7 unspecified atom stereocenters. The summed E-state index contributed by atoms with van der Waals surface area (Å²) in [7, 11) is 3.80. The van der Waals surface area contributed by atoms with Gasteiger partial charge in [0.15, 0.2) is 12.1 Å². The molecule has 11 atom stereocenters. The van der Waals surface area contributed by atoms with Gasteiger partial charge in [0.05, 0.1) is 31.3 Å². The molecule has 0 aromatic heterocycles. The number of likely N-dealkylation sites (N-methyl/N-ethyl adjacent to an activating group) is 1. The van der Waals surface area contributed by atoms with E-state index in [1.165, 1.54) is 0 Å². The average molecular weight is 554 g/mol. The Morgan fingerprint density at radius 1 is 1.08 bits per heavy atom. The quantitative estimate of drug-likeness (QED) is 0.441. The molecule has 9 nitrogen and oxygen atoms in total. The van der Waals surface area contributed by atoms with Crippen molar-refractivity contribution in [2.75, 3.05) is 20.7 Å². The van der Waals surface area contributed by atoms with Gasteiger partial charge >= 0.3 is 5.97 Å². The van der Waals surface area contributed by atoms with Gasteiger partial charge in [-0.1, -0.05) is 45.4 Å². The number of hydrogen-bond acceptors (Lipinski definition) is 9. The first-order valence-electron chi connectivity index (χ1n) is 14.3. The van der Waals surface area contributed by atoms with Crippen LogP contribution in [0.1, 0.15) is 67.2 Å². The minimum absolute atomic E-state index is 0.0390. The summed E-state index contributed by atoms with van der Waals surface area (Å²) in [6.07, 6.45) is 2.20. The standard InChI is InChI=1S/C30H51NO8/c1-9-26-22(16-32)12-17(2)10-11-24(33)18(3)13-19(4)29(21(6)25(34)15-27(35)38-26)39-30-28(36)23(31(7)8)14-20(5)37-30/h10-12,18-23,25-26,28-30,32,34,36H,9,13-16H2,1-8H3/b11-10+,17-12+/t18?,19?,20-,21?,22?,23+,25?,26?,28-,29?,30+/m1/s1. The van der Waals surface area contributed by atoms with Gasteiger partial charge in [-0.2, -0.15) is 0 Å². The molecule has 0 aromatic rings. The highest BCUT2D eigenvalue weighted by Crippen LogP contribution is 2.32. The number of esters is 1. The van der Waals surface area contributed by atoms with E-state index in [1.807, 2.05) is 59.7 Å². The molecule has 39 heavy (non-hydrogen) atoms. The largest absolute Gasteiger partial charge is 0.462 e. The van der Waals surface area contributed by atoms with E-state index in [9.17, 15) is 24.9 Å². The molecule has 0 amide bonds. The average Bonchev–Trinajstić information content (AvgIpc) is 2.87. The minimum atomic E-state index is -1.09. The fraction of sp³-hybridized carbons (Fsp3) is 0.800. The summed E-state index contributed by atoms with van der Waals surface area (Å²) < 4.78 is 18.1. The van der Waals surface area contributed by atoms with Crippen molar-refractivity contribution in [3.05, 3.63) is 23.8 Å². The van der Waals surface area contributed by atoms with Crippen LogP contribution in [0, 0.1) is 23.7 Å². The van der Waals surface area contributed by atoms with Crippen LogP contribution in [-0.2, 0) is 23.8 Å². The number of aliphatic hydroxyl groups excluding tert-OH is 3. The van der Waals surface area contributed by atoms with E-state index < -0.39 is 48.5 Å². The molecule has 2 aliphatic rings. The highest BCUT2D eigenvalue weighted by molar-refractivity contribution is 5.91. The van der Waals surface area contributed by atoms with Crippen LogP contribution < -0.4 is 0 Å². The number of hydrogen-bond donors (Lipinski definition) is 3. The highest BCUT2D eigenvalue weighted by Gasteiger charge is 2.42. The van der Waals surface area contributed by atoms with Gasteiger partial charge < -0.3 is 34.4 Å². The number of carbonyl (C=O) groups excluding carboxylic acids is 2. The van der Waals surface area contributed by atoms with Crippen molar-refractivity contribution in [3.8, 4) is 0 Å². The minimum Gasteiger partial charge on any atom is -0.462 e. The molecule has 0 radical (unpaired) electrons. The van der Waals surface area contributed by atoms with E-state index in [0.29, 0.717) is 19.3 Å². The molecule has 2 aliphatic heterocycles.